The van der Waals surface area contributed by atoms with Gasteiger partial charge in [0.25, 0.3) is 0 Å². The van der Waals surface area contributed by atoms with E-state index in [-0.39, 0.29) is 6.04 Å². The largest absolute Gasteiger partial charge is 0.329 e. The number of aryl methyl sites for hydroxylation is 2. The van der Waals surface area contributed by atoms with Crippen molar-refractivity contribution in [1.29, 1.82) is 0 Å². The van der Waals surface area contributed by atoms with Crippen LogP contribution >= 0.6 is 0 Å². The lowest BCUT2D eigenvalue weighted by atomic mass is 10.1. The molecule has 1 heterocycles. The maximum absolute atomic E-state index is 5.84. The Morgan fingerprint density at radius 1 is 1.53 bits per heavy atom. The Morgan fingerprint density at radius 2 is 2.13 bits per heavy atom. The van der Waals surface area contributed by atoms with Crippen LogP contribution < -0.4 is 5.73 Å². The van der Waals surface area contributed by atoms with E-state index in [2.05, 4.69) is 37.1 Å². The minimum absolute atomic E-state index is 0.263. The molecule has 0 saturated carbocycles. The van der Waals surface area contributed by atoms with Gasteiger partial charge in [-0.15, -0.1) is 0 Å². The van der Waals surface area contributed by atoms with E-state index in [1.54, 1.807) is 0 Å². The Labute approximate surface area is 92.1 Å². The number of rotatable bonds is 4. The van der Waals surface area contributed by atoms with Gasteiger partial charge in [0.15, 0.2) is 0 Å². The second-order valence-electron chi connectivity index (χ2n) is 4.35. The van der Waals surface area contributed by atoms with Crippen molar-refractivity contribution in [3.8, 4) is 0 Å². The Kier molecular flexibility index (Phi) is 3.88. The van der Waals surface area contributed by atoms with Crippen molar-refractivity contribution in [2.45, 2.75) is 32.9 Å². The van der Waals surface area contributed by atoms with Gasteiger partial charge in [-0.25, -0.2) is 0 Å². The normalized spacial score (nSPS) is 13.9. The van der Waals surface area contributed by atoms with E-state index in [0.29, 0.717) is 12.6 Å². The molecule has 1 aromatic heterocycles. The molecule has 2 N–H and O–H groups in total. The molecule has 0 bridgehead atoms. The van der Waals surface area contributed by atoms with Crippen LogP contribution in [0.25, 0.3) is 0 Å². The molecule has 0 amide bonds. The second-order valence-corrected chi connectivity index (χ2v) is 4.35. The van der Waals surface area contributed by atoms with Crippen LogP contribution in [0, 0.1) is 6.92 Å². The maximum atomic E-state index is 5.84. The Hall–Kier alpha value is -0.870. The van der Waals surface area contributed by atoms with Gasteiger partial charge in [0.2, 0.25) is 0 Å². The fourth-order valence-electron chi connectivity index (χ4n) is 1.82. The van der Waals surface area contributed by atoms with Gasteiger partial charge in [0.1, 0.15) is 0 Å². The standard InChI is InChI=1S/C11H22N4/c1-8(2)15(5)11(6-12)10-7-14(4)13-9(10)3/h7-8,11H,6,12H2,1-5H3. The van der Waals surface area contributed by atoms with Crippen LogP contribution in [-0.4, -0.2) is 34.3 Å². The Bertz CT molecular complexity index is 316. The molecule has 1 atom stereocenters. The predicted octanol–water partition coefficient (Wildman–Crippen LogP) is 1.07. The summed E-state index contributed by atoms with van der Waals surface area (Å²) in [5.41, 5.74) is 8.15. The molecule has 0 saturated heterocycles. The van der Waals surface area contributed by atoms with Gasteiger partial charge >= 0.3 is 0 Å². The molecule has 0 aliphatic rings. The highest BCUT2D eigenvalue weighted by Crippen LogP contribution is 2.22. The van der Waals surface area contributed by atoms with Gasteiger partial charge in [0.05, 0.1) is 11.7 Å². The fraction of sp³-hybridized carbons (Fsp3) is 0.727. The van der Waals surface area contributed by atoms with E-state index < -0.39 is 0 Å². The third-order valence-electron chi connectivity index (χ3n) is 2.94. The van der Waals surface area contributed by atoms with Gasteiger partial charge < -0.3 is 5.73 Å². The lowest BCUT2D eigenvalue weighted by Gasteiger charge is -2.30. The van der Waals surface area contributed by atoms with Crippen molar-refractivity contribution in [2.24, 2.45) is 12.8 Å². The molecule has 4 heteroatoms. The first kappa shape index (κ1) is 12.2. The zero-order chi connectivity index (χ0) is 11.6. The molecule has 0 aromatic carbocycles. The van der Waals surface area contributed by atoms with E-state index in [1.807, 2.05) is 18.7 Å². The highest BCUT2D eigenvalue weighted by molar-refractivity contribution is 5.20. The molecule has 4 nitrogen and oxygen atoms in total. The first-order valence-electron chi connectivity index (χ1n) is 5.39. The highest BCUT2D eigenvalue weighted by atomic mass is 15.3. The average molecular weight is 210 g/mol. The van der Waals surface area contributed by atoms with Gasteiger partial charge in [-0.2, -0.15) is 5.10 Å². The SMILES string of the molecule is Cc1nn(C)cc1C(CN)N(C)C(C)C. The van der Waals surface area contributed by atoms with Crippen molar-refractivity contribution in [3.05, 3.63) is 17.5 Å². The number of hydrogen-bond acceptors (Lipinski definition) is 3. The van der Waals surface area contributed by atoms with Crippen LogP contribution in [0.15, 0.2) is 6.20 Å². The van der Waals surface area contributed by atoms with Gasteiger partial charge in [-0.3, -0.25) is 9.58 Å². The molecular formula is C11H22N4. The summed E-state index contributed by atoms with van der Waals surface area (Å²) in [6.07, 6.45) is 2.06. The zero-order valence-electron chi connectivity index (χ0n) is 10.4. The lowest BCUT2D eigenvalue weighted by Crippen LogP contribution is -2.35. The van der Waals surface area contributed by atoms with Crippen molar-refractivity contribution >= 4 is 0 Å². The number of hydrogen-bond donors (Lipinski definition) is 1. The van der Waals surface area contributed by atoms with Crippen LogP contribution in [0.1, 0.15) is 31.1 Å². The summed E-state index contributed by atoms with van der Waals surface area (Å²) in [6, 6.07) is 0.747. The second kappa shape index (κ2) is 4.77. The quantitative estimate of drug-likeness (QED) is 0.808. The molecule has 0 fully saturated rings. The fourth-order valence-corrected chi connectivity index (χ4v) is 1.82. The summed E-state index contributed by atoms with van der Waals surface area (Å²) in [6.45, 7) is 7.01. The van der Waals surface area contributed by atoms with Crippen molar-refractivity contribution in [2.75, 3.05) is 13.6 Å². The Balaban J connectivity index is 2.96. The molecule has 0 aliphatic carbocycles. The number of nitrogens with two attached hydrogens (primary N) is 1. The van der Waals surface area contributed by atoms with Crippen LogP contribution in [0.2, 0.25) is 0 Å². The first-order chi connectivity index (χ1) is 6.97. The van der Waals surface area contributed by atoms with E-state index in [9.17, 15) is 0 Å². The van der Waals surface area contributed by atoms with Crippen LogP contribution in [0.5, 0.6) is 0 Å². The average Bonchev–Trinajstić information content (AvgIpc) is 2.47. The van der Waals surface area contributed by atoms with Crippen molar-refractivity contribution in [1.82, 2.24) is 14.7 Å². The topological polar surface area (TPSA) is 47.1 Å². The first-order valence-corrected chi connectivity index (χ1v) is 5.39. The van der Waals surface area contributed by atoms with Crippen molar-refractivity contribution < 1.29 is 0 Å². The van der Waals surface area contributed by atoms with E-state index >= 15 is 0 Å². The number of aromatic nitrogens is 2. The number of nitrogens with zero attached hydrogens (tertiary/aromatic N) is 3. The third-order valence-corrected chi connectivity index (χ3v) is 2.94. The summed E-state index contributed by atoms with van der Waals surface area (Å²) in [5, 5.41) is 4.36. The molecule has 1 unspecified atom stereocenters. The molecule has 1 aromatic rings. The smallest absolute Gasteiger partial charge is 0.0641 e. The van der Waals surface area contributed by atoms with Gasteiger partial charge in [0, 0.05) is 31.4 Å². The molecule has 0 radical (unpaired) electrons. The molecule has 1 rings (SSSR count). The summed E-state index contributed by atoms with van der Waals surface area (Å²) in [5.74, 6) is 0. The monoisotopic (exact) mass is 210 g/mol. The van der Waals surface area contributed by atoms with Crippen LogP contribution in [0.4, 0.5) is 0 Å². The summed E-state index contributed by atoms with van der Waals surface area (Å²) < 4.78 is 1.85. The van der Waals surface area contributed by atoms with Crippen molar-refractivity contribution in [3.63, 3.8) is 0 Å². The molecular weight excluding hydrogens is 188 g/mol. The molecule has 86 valence electrons. The minimum Gasteiger partial charge on any atom is -0.329 e. The summed E-state index contributed by atoms with van der Waals surface area (Å²) in [7, 11) is 4.05. The highest BCUT2D eigenvalue weighted by Gasteiger charge is 2.21. The lowest BCUT2D eigenvalue weighted by molar-refractivity contribution is 0.200. The van der Waals surface area contributed by atoms with E-state index in [0.717, 1.165) is 5.69 Å². The van der Waals surface area contributed by atoms with Gasteiger partial charge in [-0.05, 0) is 27.8 Å². The van der Waals surface area contributed by atoms with E-state index in [4.69, 9.17) is 5.73 Å². The summed E-state index contributed by atoms with van der Waals surface area (Å²) in [4.78, 5) is 2.28. The predicted molar refractivity (Wildman–Crippen MR) is 62.6 cm³/mol. The molecule has 0 spiro atoms. The van der Waals surface area contributed by atoms with Crippen LogP contribution in [0.3, 0.4) is 0 Å². The summed E-state index contributed by atoms with van der Waals surface area (Å²) >= 11 is 0. The van der Waals surface area contributed by atoms with Gasteiger partial charge in [-0.1, -0.05) is 0 Å². The zero-order valence-corrected chi connectivity index (χ0v) is 10.4. The minimum atomic E-state index is 0.263. The molecule has 15 heavy (non-hydrogen) atoms. The third kappa shape index (κ3) is 2.58. The van der Waals surface area contributed by atoms with E-state index in [1.165, 1.54) is 5.56 Å². The number of likely N-dealkylation sites (N-methyl/N-ethyl adjacent to an activating group) is 1. The van der Waals surface area contributed by atoms with Crippen LogP contribution in [-0.2, 0) is 7.05 Å². The Morgan fingerprint density at radius 3 is 2.47 bits per heavy atom. The maximum Gasteiger partial charge on any atom is 0.0641 e. The molecule has 0 aliphatic heterocycles.